The van der Waals surface area contributed by atoms with Crippen LogP contribution >= 0.6 is 0 Å². The van der Waals surface area contributed by atoms with Crippen LogP contribution in [0, 0.1) is 0 Å². The highest BCUT2D eigenvalue weighted by Gasteiger charge is 2.00. The molecule has 0 unspecified atom stereocenters. The van der Waals surface area contributed by atoms with Crippen LogP contribution in [0.5, 0.6) is 0 Å². The summed E-state index contributed by atoms with van der Waals surface area (Å²) < 4.78 is 0. The molecular formula is C13H11N5. The van der Waals surface area contributed by atoms with E-state index < -0.39 is 0 Å². The van der Waals surface area contributed by atoms with Gasteiger partial charge >= 0.3 is 0 Å². The van der Waals surface area contributed by atoms with Gasteiger partial charge in [0.15, 0.2) is 5.82 Å². The highest BCUT2D eigenvalue weighted by molar-refractivity contribution is 5.91. The van der Waals surface area contributed by atoms with Gasteiger partial charge in [0.25, 0.3) is 0 Å². The predicted molar refractivity (Wildman–Crippen MR) is 71.5 cm³/mol. The maximum absolute atomic E-state index is 4.13. The summed E-state index contributed by atoms with van der Waals surface area (Å²) >= 11 is 0. The van der Waals surface area contributed by atoms with Gasteiger partial charge in [-0.3, -0.25) is 5.43 Å². The summed E-state index contributed by atoms with van der Waals surface area (Å²) in [6, 6.07) is 11.7. The molecule has 5 heteroatoms. The van der Waals surface area contributed by atoms with E-state index >= 15 is 0 Å². The first-order valence-corrected chi connectivity index (χ1v) is 5.56. The molecule has 0 saturated carbocycles. The fourth-order valence-electron chi connectivity index (χ4n) is 1.70. The third-order valence-electron chi connectivity index (χ3n) is 2.57. The van der Waals surface area contributed by atoms with Crippen molar-refractivity contribution in [3.63, 3.8) is 0 Å². The first-order chi connectivity index (χ1) is 8.93. The van der Waals surface area contributed by atoms with Crippen molar-refractivity contribution in [3.8, 4) is 0 Å². The van der Waals surface area contributed by atoms with Crippen molar-refractivity contribution in [3.05, 3.63) is 54.5 Å². The summed E-state index contributed by atoms with van der Waals surface area (Å²) in [5.41, 5.74) is 3.83. The molecule has 2 heterocycles. The Bertz CT molecular complexity index is 667. The van der Waals surface area contributed by atoms with Crippen LogP contribution in [-0.4, -0.2) is 21.4 Å². The predicted octanol–water partition coefficient (Wildman–Crippen LogP) is 2.40. The molecule has 3 rings (SSSR count). The van der Waals surface area contributed by atoms with Crippen molar-refractivity contribution >= 4 is 22.8 Å². The van der Waals surface area contributed by atoms with Gasteiger partial charge in [0.2, 0.25) is 0 Å². The van der Waals surface area contributed by atoms with E-state index in [2.05, 4.69) is 25.7 Å². The second-order valence-corrected chi connectivity index (χ2v) is 3.78. The van der Waals surface area contributed by atoms with Gasteiger partial charge in [-0.25, -0.2) is 0 Å². The molecule has 0 radical (unpaired) electrons. The van der Waals surface area contributed by atoms with Gasteiger partial charge in [0, 0.05) is 17.0 Å². The summed E-state index contributed by atoms with van der Waals surface area (Å²) in [6.07, 6.45) is 5.28. The van der Waals surface area contributed by atoms with Crippen LogP contribution in [0.25, 0.3) is 10.8 Å². The minimum Gasteiger partial charge on any atom is -0.360 e. The molecule has 0 bridgehead atoms. The first kappa shape index (κ1) is 10.5. The van der Waals surface area contributed by atoms with Crippen LogP contribution in [0.15, 0.2) is 53.9 Å². The van der Waals surface area contributed by atoms with Gasteiger partial charge < -0.3 is 4.98 Å². The molecule has 0 aliphatic rings. The molecule has 0 aliphatic heterocycles. The van der Waals surface area contributed by atoms with E-state index in [9.17, 15) is 0 Å². The lowest BCUT2D eigenvalue weighted by atomic mass is 10.2. The molecule has 0 amide bonds. The van der Waals surface area contributed by atoms with Gasteiger partial charge in [-0.1, -0.05) is 24.3 Å². The Balaban J connectivity index is 1.87. The standard InChI is InChI=1S/C13H11N5/c1-2-6-12-10(4-1)8-15-17-13(12)18-16-9-11-5-3-7-14-11/h1-9,14H,(H,17,18). The summed E-state index contributed by atoms with van der Waals surface area (Å²) in [6.45, 7) is 0. The number of hydrogen-bond acceptors (Lipinski definition) is 4. The maximum Gasteiger partial charge on any atom is 0.176 e. The average Bonchev–Trinajstić information content (AvgIpc) is 2.92. The Hall–Kier alpha value is -2.69. The minimum absolute atomic E-state index is 0.649. The molecule has 5 nitrogen and oxygen atoms in total. The Kier molecular flexibility index (Phi) is 2.71. The molecule has 3 aromatic rings. The summed E-state index contributed by atoms with van der Waals surface area (Å²) in [7, 11) is 0. The van der Waals surface area contributed by atoms with Crippen LogP contribution in [0.1, 0.15) is 5.69 Å². The molecule has 0 aliphatic carbocycles. The summed E-state index contributed by atoms with van der Waals surface area (Å²) in [5, 5.41) is 14.1. The summed E-state index contributed by atoms with van der Waals surface area (Å²) in [4.78, 5) is 3.04. The molecule has 0 fully saturated rings. The second-order valence-electron chi connectivity index (χ2n) is 3.78. The SMILES string of the molecule is C(=NNc1nncc2ccccc12)c1ccc[nH]1. The zero-order valence-corrected chi connectivity index (χ0v) is 9.54. The van der Waals surface area contributed by atoms with E-state index in [1.54, 1.807) is 12.4 Å². The number of benzene rings is 1. The number of nitrogens with one attached hydrogen (secondary N) is 2. The monoisotopic (exact) mass is 237 g/mol. The minimum atomic E-state index is 0.649. The van der Waals surface area contributed by atoms with E-state index in [1.807, 2.05) is 42.6 Å². The van der Waals surface area contributed by atoms with Crippen LogP contribution in [-0.2, 0) is 0 Å². The summed E-state index contributed by atoms with van der Waals surface area (Å²) in [5.74, 6) is 0.649. The zero-order valence-electron chi connectivity index (χ0n) is 9.54. The molecule has 88 valence electrons. The number of fused-ring (bicyclic) bond motifs is 1. The highest BCUT2D eigenvalue weighted by atomic mass is 15.3. The van der Waals surface area contributed by atoms with Gasteiger partial charge in [-0.2, -0.15) is 10.2 Å². The van der Waals surface area contributed by atoms with Crippen molar-refractivity contribution in [2.24, 2.45) is 5.10 Å². The average molecular weight is 237 g/mol. The lowest BCUT2D eigenvalue weighted by Crippen LogP contribution is -1.96. The first-order valence-electron chi connectivity index (χ1n) is 5.56. The van der Waals surface area contributed by atoms with E-state index in [0.29, 0.717) is 5.82 Å². The third-order valence-corrected chi connectivity index (χ3v) is 2.57. The number of aromatic nitrogens is 3. The maximum atomic E-state index is 4.13. The number of aromatic amines is 1. The van der Waals surface area contributed by atoms with Gasteiger partial charge in [0.05, 0.1) is 18.1 Å². The van der Waals surface area contributed by atoms with Crippen LogP contribution in [0.2, 0.25) is 0 Å². The van der Waals surface area contributed by atoms with Crippen molar-refractivity contribution in [1.29, 1.82) is 0 Å². The van der Waals surface area contributed by atoms with Crippen molar-refractivity contribution in [2.75, 3.05) is 5.43 Å². The number of anilines is 1. The van der Waals surface area contributed by atoms with E-state index in [0.717, 1.165) is 16.5 Å². The van der Waals surface area contributed by atoms with E-state index in [4.69, 9.17) is 0 Å². The molecule has 0 atom stereocenters. The molecule has 0 saturated heterocycles. The van der Waals surface area contributed by atoms with Crippen LogP contribution in [0.4, 0.5) is 5.82 Å². The number of rotatable bonds is 3. The molecular weight excluding hydrogens is 226 g/mol. The van der Waals surface area contributed by atoms with Gasteiger partial charge in [-0.05, 0) is 12.1 Å². The molecule has 2 N–H and O–H groups in total. The quantitative estimate of drug-likeness (QED) is 0.543. The lowest BCUT2D eigenvalue weighted by molar-refractivity contribution is 1.04. The van der Waals surface area contributed by atoms with Gasteiger partial charge in [0.1, 0.15) is 0 Å². The smallest absolute Gasteiger partial charge is 0.176 e. The fourth-order valence-corrected chi connectivity index (χ4v) is 1.70. The normalized spacial score (nSPS) is 11.1. The highest BCUT2D eigenvalue weighted by Crippen LogP contribution is 2.18. The number of H-pyrrole nitrogens is 1. The molecule has 0 spiro atoms. The Morgan fingerprint density at radius 3 is 3.00 bits per heavy atom. The van der Waals surface area contributed by atoms with E-state index in [1.165, 1.54) is 0 Å². The molecule has 1 aromatic carbocycles. The van der Waals surface area contributed by atoms with Crippen LogP contribution < -0.4 is 5.43 Å². The number of hydrazone groups is 1. The largest absolute Gasteiger partial charge is 0.360 e. The van der Waals surface area contributed by atoms with Crippen molar-refractivity contribution in [1.82, 2.24) is 15.2 Å². The Morgan fingerprint density at radius 1 is 1.17 bits per heavy atom. The van der Waals surface area contributed by atoms with Crippen molar-refractivity contribution in [2.45, 2.75) is 0 Å². The number of hydrogen-bond donors (Lipinski definition) is 2. The second kappa shape index (κ2) is 4.67. The third kappa shape index (κ3) is 2.06. The van der Waals surface area contributed by atoms with Crippen molar-refractivity contribution < 1.29 is 0 Å². The number of nitrogens with zero attached hydrogens (tertiary/aromatic N) is 3. The Labute approximate surface area is 104 Å². The molecule has 2 aromatic heterocycles. The lowest BCUT2D eigenvalue weighted by Gasteiger charge is -2.02. The topological polar surface area (TPSA) is 66.0 Å². The molecule has 18 heavy (non-hydrogen) atoms. The van der Waals surface area contributed by atoms with E-state index in [-0.39, 0.29) is 0 Å². The fraction of sp³-hybridized carbons (Fsp3) is 0. The zero-order chi connectivity index (χ0) is 12.2. The van der Waals surface area contributed by atoms with Gasteiger partial charge in [-0.15, -0.1) is 5.10 Å². The van der Waals surface area contributed by atoms with Crippen LogP contribution in [0.3, 0.4) is 0 Å². The Morgan fingerprint density at radius 2 is 2.11 bits per heavy atom.